The van der Waals surface area contributed by atoms with Crippen molar-refractivity contribution in [3.8, 4) is 28.5 Å². The lowest BCUT2D eigenvalue weighted by Gasteiger charge is -2.27. The van der Waals surface area contributed by atoms with Gasteiger partial charge in [-0.25, -0.2) is 0 Å². The summed E-state index contributed by atoms with van der Waals surface area (Å²) in [5, 5.41) is 1.10. The molecule has 4 aromatic carbocycles. The summed E-state index contributed by atoms with van der Waals surface area (Å²) in [6.07, 6.45) is 0.674. The Morgan fingerprint density at radius 2 is 1.59 bits per heavy atom. The minimum absolute atomic E-state index is 0.0398. The summed E-state index contributed by atoms with van der Waals surface area (Å²) in [5.41, 5.74) is 6.95. The highest BCUT2D eigenvalue weighted by atomic mass is 16.5. The highest BCUT2D eigenvalue weighted by Crippen LogP contribution is 2.45. The third kappa shape index (κ3) is 4.28. The van der Waals surface area contributed by atoms with Crippen LogP contribution in [0.4, 0.5) is 0 Å². The Kier molecular flexibility index (Phi) is 6.45. The number of nitrogens with zero attached hydrogens (tertiary/aromatic N) is 1. The largest absolute Gasteiger partial charge is 0.497 e. The van der Waals surface area contributed by atoms with Gasteiger partial charge in [-0.15, -0.1) is 0 Å². The number of rotatable bonds is 8. The molecule has 0 spiro atoms. The van der Waals surface area contributed by atoms with Crippen LogP contribution < -0.4 is 14.2 Å². The van der Waals surface area contributed by atoms with E-state index in [-0.39, 0.29) is 11.9 Å². The van der Waals surface area contributed by atoms with Crippen LogP contribution in [0, 0.1) is 0 Å². The molecule has 5 aromatic rings. The predicted octanol–water partition coefficient (Wildman–Crippen LogP) is 6.65. The molecule has 1 N–H and O–H groups in total. The van der Waals surface area contributed by atoms with Gasteiger partial charge in [-0.2, -0.15) is 0 Å². The van der Waals surface area contributed by atoms with Crippen LogP contribution >= 0.6 is 0 Å². The molecule has 0 fully saturated rings. The highest BCUT2D eigenvalue weighted by molar-refractivity contribution is 6.02. The fourth-order valence-corrected chi connectivity index (χ4v) is 5.65. The molecule has 1 aromatic heterocycles. The zero-order valence-corrected chi connectivity index (χ0v) is 22.2. The van der Waals surface area contributed by atoms with Crippen molar-refractivity contribution < 1.29 is 19.0 Å². The van der Waals surface area contributed by atoms with Gasteiger partial charge in [0.1, 0.15) is 5.75 Å². The zero-order valence-electron chi connectivity index (χ0n) is 22.2. The number of aromatic nitrogens is 1. The molecule has 1 aliphatic rings. The van der Waals surface area contributed by atoms with Gasteiger partial charge in [0.15, 0.2) is 11.5 Å². The first-order chi connectivity index (χ1) is 19.1. The van der Waals surface area contributed by atoms with Crippen molar-refractivity contribution in [2.75, 3.05) is 27.9 Å². The Bertz CT molecular complexity index is 1670. The van der Waals surface area contributed by atoms with E-state index in [9.17, 15) is 4.79 Å². The Hall–Kier alpha value is -4.71. The van der Waals surface area contributed by atoms with Crippen molar-refractivity contribution in [3.05, 3.63) is 113 Å². The van der Waals surface area contributed by atoms with Gasteiger partial charge in [0.25, 0.3) is 5.91 Å². The number of methoxy groups -OCH3 is 3. The molecule has 0 saturated carbocycles. The molecule has 1 amide bonds. The number of carbonyl (C=O) groups is 1. The SMILES string of the molecule is COc1cccc(-c2[nH]c3ccccc3c2[C@@H]2c3ccccc3C(=O)N2CCc2ccc(OC)c(OC)c2)c1. The van der Waals surface area contributed by atoms with Crippen LogP contribution in [0.15, 0.2) is 91.0 Å². The van der Waals surface area contributed by atoms with Crippen LogP contribution in [-0.4, -0.2) is 43.7 Å². The maximum absolute atomic E-state index is 13.9. The normalized spacial score (nSPS) is 14.5. The summed E-state index contributed by atoms with van der Waals surface area (Å²) in [7, 11) is 4.94. The Morgan fingerprint density at radius 1 is 0.795 bits per heavy atom. The van der Waals surface area contributed by atoms with Crippen molar-refractivity contribution in [2.24, 2.45) is 0 Å². The molecule has 0 unspecified atom stereocenters. The highest BCUT2D eigenvalue weighted by Gasteiger charge is 2.39. The van der Waals surface area contributed by atoms with Gasteiger partial charge < -0.3 is 24.1 Å². The summed E-state index contributed by atoms with van der Waals surface area (Å²) in [6.45, 7) is 0.546. The number of fused-ring (bicyclic) bond motifs is 2. The lowest BCUT2D eigenvalue weighted by atomic mass is 9.93. The number of nitrogens with one attached hydrogen (secondary N) is 1. The van der Waals surface area contributed by atoms with Crippen LogP contribution in [0.5, 0.6) is 17.2 Å². The number of benzene rings is 4. The van der Waals surface area contributed by atoms with E-state index in [0.29, 0.717) is 24.5 Å². The van der Waals surface area contributed by atoms with Crippen molar-refractivity contribution in [2.45, 2.75) is 12.5 Å². The van der Waals surface area contributed by atoms with Crippen molar-refractivity contribution in [1.29, 1.82) is 0 Å². The third-order valence-electron chi connectivity index (χ3n) is 7.53. The van der Waals surface area contributed by atoms with Crippen molar-refractivity contribution >= 4 is 16.8 Å². The maximum atomic E-state index is 13.9. The predicted molar refractivity (Wildman–Crippen MR) is 153 cm³/mol. The molecule has 0 bridgehead atoms. The second kappa shape index (κ2) is 10.2. The van der Waals surface area contributed by atoms with Gasteiger partial charge in [0.05, 0.1) is 33.1 Å². The van der Waals surface area contributed by atoms with E-state index >= 15 is 0 Å². The number of hydrogen-bond acceptors (Lipinski definition) is 4. The van der Waals surface area contributed by atoms with E-state index < -0.39 is 0 Å². The van der Waals surface area contributed by atoms with Gasteiger partial charge in [0.2, 0.25) is 0 Å². The minimum Gasteiger partial charge on any atom is -0.497 e. The molecule has 0 saturated heterocycles. The molecule has 6 rings (SSSR count). The number of aromatic amines is 1. The van der Waals surface area contributed by atoms with Crippen LogP contribution in [-0.2, 0) is 6.42 Å². The average molecular weight is 519 g/mol. The molecular weight excluding hydrogens is 488 g/mol. The van der Waals surface area contributed by atoms with Crippen molar-refractivity contribution in [3.63, 3.8) is 0 Å². The summed E-state index contributed by atoms with van der Waals surface area (Å²) in [5.74, 6) is 2.19. The van der Waals surface area contributed by atoms with Gasteiger partial charge >= 0.3 is 0 Å². The van der Waals surface area contributed by atoms with E-state index in [1.807, 2.05) is 71.6 Å². The molecule has 1 atom stereocenters. The number of carbonyl (C=O) groups excluding carboxylic acids is 1. The van der Waals surface area contributed by atoms with E-state index in [0.717, 1.165) is 50.2 Å². The van der Waals surface area contributed by atoms with Gasteiger partial charge in [-0.1, -0.05) is 54.6 Å². The number of H-pyrrole nitrogens is 1. The number of ether oxygens (including phenoxy) is 3. The maximum Gasteiger partial charge on any atom is 0.255 e. The first-order valence-corrected chi connectivity index (χ1v) is 13.0. The summed E-state index contributed by atoms with van der Waals surface area (Å²) in [6, 6.07) is 30.0. The first-order valence-electron chi connectivity index (χ1n) is 13.0. The van der Waals surface area contributed by atoms with Crippen LogP contribution in [0.2, 0.25) is 0 Å². The molecule has 6 nitrogen and oxygen atoms in total. The standard InChI is InChI=1S/C33H30N2O4/c1-37-23-10-8-9-22(20-23)31-30(26-13-6-7-14-27(26)34-31)32-24-11-4-5-12-25(24)33(36)35(32)18-17-21-15-16-28(38-2)29(19-21)39-3/h4-16,19-20,32,34H,17-18H2,1-3H3/t32-/m0/s1. The quantitative estimate of drug-likeness (QED) is 0.250. The second-order valence-electron chi connectivity index (χ2n) is 9.62. The second-order valence-corrected chi connectivity index (χ2v) is 9.62. The fraction of sp³-hybridized carbons (Fsp3) is 0.182. The fourth-order valence-electron chi connectivity index (χ4n) is 5.65. The Morgan fingerprint density at radius 3 is 2.41 bits per heavy atom. The summed E-state index contributed by atoms with van der Waals surface area (Å²) in [4.78, 5) is 19.5. The van der Waals surface area contributed by atoms with Crippen LogP contribution in [0.1, 0.15) is 33.1 Å². The van der Waals surface area contributed by atoms with E-state index in [1.165, 1.54) is 0 Å². The molecular formula is C33H30N2O4. The third-order valence-corrected chi connectivity index (χ3v) is 7.53. The monoisotopic (exact) mass is 518 g/mol. The molecule has 0 radical (unpaired) electrons. The number of para-hydroxylation sites is 1. The average Bonchev–Trinajstić information content (AvgIpc) is 3.50. The Labute approximate surface area is 227 Å². The van der Waals surface area contributed by atoms with Crippen LogP contribution in [0.25, 0.3) is 22.2 Å². The van der Waals surface area contributed by atoms with Gasteiger partial charge in [-0.3, -0.25) is 4.79 Å². The van der Waals surface area contributed by atoms with Gasteiger partial charge in [0, 0.05) is 34.1 Å². The van der Waals surface area contributed by atoms with E-state index in [1.54, 1.807) is 21.3 Å². The Balaban J connectivity index is 1.47. The number of amides is 1. The van der Waals surface area contributed by atoms with Crippen molar-refractivity contribution in [1.82, 2.24) is 9.88 Å². The minimum atomic E-state index is -0.244. The van der Waals surface area contributed by atoms with Crippen LogP contribution in [0.3, 0.4) is 0 Å². The molecule has 196 valence electrons. The molecule has 1 aliphatic heterocycles. The smallest absolute Gasteiger partial charge is 0.255 e. The lowest BCUT2D eigenvalue weighted by Crippen LogP contribution is -2.31. The molecule has 2 heterocycles. The lowest BCUT2D eigenvalue weighted by molar-refractivity contribution is 0.0753. The molecule has 39 heavy (non-hydrogen) atoms. The van der Waals surface area contributed by atoms with Gasteiger partial charge in [-0.05, 0) is 53.9 Å². The van der Waals surface area contributed by atoms with E-state index in [4.69, 9.17) is 14.2 Å². The topological polar surface area (TPSA) is 63.8 Å². The molecule has 0 aliphatic carbocycles. The summed E-state index contributed by atoms with van der Waals surface area (Å²) >= 11 is 0. The first kappa shape index (κ1) is 24.6. The summed E-state index contributed by atoms with van der Waals surface area (Å²) < 4.78 is 16.5. The number of hydrogen-bond donors (Lipinski definition) is 1. The van der Waals surface area contributed by atoms with E-state index in [2.05, 4.69) is 29.2 Å². The zero-order chi connectivity index (χ0) is 26.9. The molecule has 6 heteroatoms.